The lowest BCUT2D eigenvalue weighted by molar-refractivity contribution is 0.261. The highest BCUT2D eigenvalue weighted by Crippen LogP contribution is 2.55. The molecule has 0 aromatic rings. The maximum absolute atomic E-state index is 5.74. The van der Waals surface area contributed by atoms with E-state index in [1.165, 1.54) is 18.4 Å². The van der Waals surface area contributed by atoms with E-state index in [2.05, 4.69) is 26.8 Å². The van der Waals surface area contributed by atoms with Gasteiger partial charge in [0.2, 0.25) is 0 Å². The summed E-state index contributed by atoms with van der Waals surface area (Å²) in [4.78, 5) is 0. The second-order valence-electron chi connectivity index (χ2n) is 4.36. The minimum Gasteiger partial charge on any atom is -0.363 e. The summed E-state index contributed by atoms with van der Waals surface area (Å²) < 4.78 is 5.74. The molecule has 1 heteroatoms. The van der Waals surface area contributed by atoms with E-state index in [0.29, 0.717) is 0 Å². The fraction of sp³-hybridized carbons (Fsp3) is 0.800. The van der Waals surface area contributed by atoms with Crippen molar-refractivity contribution in [1.82, 2.24) is 0 Å². The van der Waals surface area contributed by atoms with E-state index in [4.69, 9.17) is 4.74 Å². The van der Waals surface area contributed by atoms with Crippen LogP contribution in [0.4, 0.5) is 0 Å². The van der Waals surface area contributed by atoms with Crippen molar-refractivity contribution < 1.29 is 4.74 Å². The standard InChI is InChI=1S/C10H16O/c1-8-4-6-10(7-5-8)9(2,3)11-10/h4H,5-7H2,1-3H3. The normalized spacial score (nSPS) is 40.5. The van der Waals surface area contributed by atoms with Crippen molar-refractivity contribution in [3.63, 3.8) is 0 Å². The summed E-state index contributed by atoms with van der Waals surface area (Å²) >= 11 is 0. The third-order valence-corrected chi connectivity index (χ3v) is 3.21. The molecule has 0 N–H and O–H groups in total. The third-order valence-electron chi connectivity index (χ3n) is 3.21. The van der Waals surface area contributed by atoms with Crippen molar-refractivity contribution in [1.29, 1.82) is 0 Å². The van der Waals surface area contributed by atoms with Gasteiger partial charge in [-0.15, -0.1) is 0 Å². The molecule has 0 aromatic heterocycles. The number of epoxide rings is 1. The topological polar surface area (TPSA) is 12.5 Å². The molecule has 1 saturated heterocycles. The summed E-state index contributed by atoms with van der Waals surface area (Å²) in [5.74, 6) is 0. The van der Waals surface area contributed by atoms with Crippen LogP contribution in [0.1, 0.15) is 40.0 Å². The molecule has 2 rings (SSSR count). The third kappa shape index (κ3) is 0.943. The van der Waals surface area contributed by atoms with Crippen molar-refractivity contribution in [2.45, 2.75) is 51.2 Å². The highest BCUT2D eigenvalue weighted by atomic mass is 16.6. The summed E-state index contributed by atoms with van der Waals surface area (Å²) in [6, 6.07) is 0. The molecular weight excluding hydrogens is 136 g/mol. The zero-order valence-corrected chi connectivity index (χ0v) is 7.61. The molecule has 2 aliphatic rings. The van der Waals surface area contributed by atoms with Crippen LogP contribution in [0.15, 0.2) is 11.6 Å². The van der Waals surface area contributed by atoms with E-state index in [1.54, 1.807) is 0 Å². The van der Waals surface area contributed by atoms with Crippen molar-refractivity contribution in [2.75, 3.05) is 0 Å². The zero-order valence-electron chi connectivity index (χ0n) is 7.61. The molecule has 1 aliphatic heterocycles. The fourth-order valence-electron chi connectivity index (χ4n) is 2.04. The van der Waals surface area contributed by atoms with Crippen LogP contribution in [0.25, 0.3) is 0 Å². The maximum atomic E-state index is 5.74. The van der Waals surface area contributed by atoms with Crippen molar-refractivity contribution >= 4 is 0 Å². The van der Waals surface area contributed by atoms with Crippen LogP contribution in [0.5, 0.6) is 0 Å². The maximum Gasteiger partial charge on any atom is 0.101 e. The molecule has 0 aromatic carbocycles. The SMILES string of the molecule is CC1=CCC2(CC1)OC2(C)C. The molecule has 1 aliphatic carbocycles. The van der Waals surface area contributed by atoms with Gasteiger partial charge in [-0.3, -0.25) is 0 Å². The van der Waals surface area contributed by atoms with E-state index >= 15 is 0 Å². The van der Waals surface area contributed by atoms with Crippen LogP contribution in [-0.4, -0.2) is 11.2 Å². The summed E-state index contributed by atoms with van der Waals surface area (Å²) in [7, 11) is 0. The molecule has 0 radical (unpaired) electrons. The van der Waals surface area contributed by atoms with E-state index in [0.717, 1.165) is 6.42 Å². The van der Waals surface area contributed by atoms with Crippen molar-refractivity contribution in [2.24, 2.45) is 0 Å². The molecule has 0 saturated carbocycles. The van der Waals surface area contributed by atoms with Gasteiger partial charge in [0.15, 0.2) is 0 Å². The van der Waals surface area contributed by atoms with Crippen LogP contribution in [-0.2, 0) is 4.74 Å². The Morgan fingerprint density at radius 3 is 2.45 bits per heavy atom. The minimum absolute atomic E-state index is 0.157. The van der Waals surface area contributed by atoms with Crippen LogP contribution < -0.4 is 0 Å². The van der Waals surface area contributed by atoms with Crippen LogP contribution in [0, 0.1) is 0 Å². The number of allylic oxidation sites excluding steroid dienone is 1. The summed E-state index contributed by atoms with van der Waals surface area (Å²) in [6.07, 6.45) is 5.91. The summed E-state index contributed by atoms with van der Waals surface area (Å²) in [6.45, 7) is 6.60. The van der Waals surface area contributed by atoms with Gasteiger partial charge in [-0.05, 0) is 40.0 Å². The molecule has 11 heavy (non-hydrogen) atoms. The Morgan fingerprint density at radius 1 is 1.45 bits per heavy atom. The molecule has 62 valence electrons. The number of hydrogen-bond acceptors (Lipinski definition) is 1. The first-order valence-corrected chi connectivity index (χ1v) is 4.42. The monoisotopic (exact) mass is 152 g/mol. The first kappa shape index (κ1) is 7.35. The van der Waals surface area contributed by atoms with Gasteiger partial charge in [-0.1, -0.05) is 11.6 Å². The van der Waals surface area contributed by atoms with Crippen molar-refractivity contribution in [3.05, 3.63) is 11.6 Å². The molecule has 1 spiro atoms. The summed E-state index contributed by atoms with van der Waals surface area (Å²) in [5, 5.41) is 0. The Labute approximate surface area is 68.4 Å². The Balaban J connectivity index is 2.12. The Morgan fingerprint density at radius 2 is 2.09 bits per heavy atom. The van der Waals surface area contributed by atoms with Gasteiger partial charge >= 0.3 is 0 Å². The van der Waals surface area contributed by atoms with Gasteiger partial charge in [-0.25, -0.2) is 0 Å². The average Bonchev–Trinajstić information content (AvgIpc) is 2.44. The second kappa shape index (κ2) is 1.89. The predicted octanol–water partition coefficient (Wildman–Crippen LogP) is 2.66. The number of hydrogen-bond donors (Lipinski definition) is 0. The largest absolute Gasteiger partial charge is 0.363 e. The molecule has 1 atom stereocenters. The smallest absolute Gasteiger partial charge is 0.101 e. The minimum atomic E-state index is 0.157. The summed E-state index contributed by atoms with van der Waals surface area (Å²) in [5.41, 5.74) is 1.92. The van der Waals surface area contributed by atoms with E-state index in [1.807, 2.05) is 0 Å². The quantitative estimate of drug-likeness (QED) is 0.384. The Bertz CT molecular complexity index is 215. The van der Waals surface area contributed by atoms with E-state index in [9.17, 15) is 0 Å². The molecular formula is C10H16O. The molecule has 1 nitrogen and oxygen atoms in total. The van der Waals surface area contributed by atoms with Gasteiger partial charge in [0, 0.05) is 0 Å². The van der Waals surface area contributed by atoms with E-state index < -0.39 is 0 Å². The van der Waals surface area contributed by atoms with Gasteiger partial charge in [0.1, 0.15) is 5.60 Å². The fourth-order valence-corrected chi connectivity index (χ4v) is 2.04. The van der Waals surface area contributed by atoms with E-state index in [-0.39, 0.29) is 11.2 Å². The molecule has 0 bridgehead atoms. The molecule has 0 amide bonds. The molecule has 1 fully saturated rings. The predicted molar refractivity (Wildman–Crippen MR) is 45.5 cm³/mol. The van der Waals surface area contributed by atoms with Gasteiger partial charge in [0.25, 0.3) is 0 Å². The first-order valence-electron chi connectivity index (χ1n) is 4.42. The Kier molecular flexibility index (Phi) is 1.26. The number of rotatable bonds is 0. The highest BCUT2D eigenvalue weighted by molar-refractivity contribution is 5.20. The van der Waals surface area contributed by atoms with Crippen LogP contribution >= 0.6 is 0 Å². The van der Waals surface area contributed by atoms with Gasteiger partial charge in [-0.2, -0.15) is 0 Å². The molecule has 1 unspecified atom stereocenters. The Hall–Kier alpha value is -0.300. The zero-order chi connectivity index (χ0) is 8.11. The second-order valence-corrected chi connectivity index (χ2v) is 4.36. The molecule has 1 heterocycles. The lowest BCUT2D eigenvalue weighted by Gasteiger charge is -2.18. The lowest BCUT2D eigenvalue weighted by atomic mass is 9.83. The van der Waals surface area contributed by atoms with Crippen molar-refractivity contribution in [3.8, 4) is 0 Å². The van der Waals surface area contributed by atoms with Gasteiger partial charge in [0.05, 0.1) is 5.60 Å². The first-order chi connectivity index (χ1) is 5.06. The number of ether oxygens (including phenoxy) is 1. The average molecular weight is 152 g/mol. The van der Waals surface area contributed by atoms with Crippen LogP contribution in [0.2, 0.25) is 0 Å². The van der Waals surface area contributed by atoms with Gasteiger partial charge < -0.3 is 4.74 Å². The van der Waals surface area contributed by atoms with Crippen LogP contribution in [0.3, 0.4) is 0 Å². The lowest BCUT2D eigenvalue weighted by Crippen LogP contribution is -2.22. The highest BCUT2D eigenvalue weighted by Gasteiger charge is 2.62.